The molecule has 0 N–H and O–H groups in total. The fourth-order valence-corrected chi connectivity index (χ4v) is 7.56. The molecule has 0 spiro atoms. The van der Waals surface area contributed by atoms with E-state index in [4.69, 9.17) is 4.74 Å². The van der Waals surface area contributed by atoms with Crippen LogP contribution >= 0.6 is 15.9 Å². The summed E-state index contributed by atoms with van der Waals surface area (Å²) in [4.78, 5) is 35.7. The van der Waals surface area contributed by atoms with E-state index in [1.807, 2.05) is 0 Å². The lowest BCUT2D eigenvalue weighted by Crippen LogP contribution is -2.64. The highest BCUT2D eigenvalue weighted by Gasteiger charge is 2.73. The minimum absolute atomic E-state index is 0.116. The first kappa shape index (κ1) is 21.4. The molecule has 2 fully saturated rings. The van der Waals surface area contributed by atoms with Crippen LogP contribution in [-0.4, -0.2) is 66.1 Å². The number of nitro benzene ring substituents is 1. The van der Waals surface area contributed by atoms with E-state index in [1.165, 1.54) is 48.3 Å². The molecule has 3 heterocycles. The van der Waals surface area contributed by atoms with Crippen molar-refractivity contribution >= 4 is 43.3 Å². The van der Waals surface area contributed by atoms with Crippen LogP contribution in [0.1, 0.15) is 12.5 Å². The molecule has 0 saturated carbocycles. The Morgan fingerprint density at radius 2 is 2.03 bits per heavy atom. The highest BCUT2D eigenvalue weighted by atomic mass is 79.9. The summed E-state index contributed by atoms with van der Waals surface area (Å²) in [5.74, 6) is -1.41. The van der Waals surface area contributed by atoms with Gasteiger partial charge >= 0.3 is 5.97 Å². The number of esters is 1. The zero-order chi connectivity index (χ0) is 22.6. The molecule has 164 valence electrons. The first-order valence-corrected chi connectivity index (χ1v) is 11.5. The van der Waals surface area contributed by atoms with Gasteiger partial charge in [-0.3, -0.25) is 19.6 Å². The van der Waals surface area contributed by atoms with Gasteiger partial charge in [0.2, 0.25) is 5.91 Å². The van der Waals surface area contributed by atoms with Crippen LogP contribution in [0.2, 0.25) is 0 Å². The quantitative estimate of drug-likeness (QED) is 0.175. The third-order valence-corrected chi connectivity index (χ3v) is 9.57. The van der Waals surface area contributed by atoms with Gasteiger partial charge < -0.3 is 9.64 Å². The number of rotatable bonds is 6. The predicted molar refractivity (Wildman–Crippen MR) is 107 cm³/mol. The lowest BCUT2D eigenvalue weighted by atomic mass is 9.96. The van der Waals surface area contributed by atoms with Crippen molar-refractivity contribution in [2.45, 2.75) is 41.1 Å². The molecule has 0 bridgehead atoms. The maximum atomic E-state index is 13.3. The number of sulfone groups is 1. The number of nitro groups is 1. The van der Waals surface area contributed by atoms with E-state index < -0.39 is 47.6 Å². The lowest BCUT2D eigenvalue weighted by Gasteiger charge is -2.40. The summed E-state index contributed by atoms with van der Waals surface area (Å²) < 4.78 is 31.5. The van der Waals surface area contributed by atoms with Gasteiger partial charge in [0, 0.05) is 18.3 Å². The predicted octanol–water partition coefficient (Wildman–Crippen LogP) is 0.417. The summed E-state index contributed by atoms with van der Waals surface area (Å²) in [5, 5.41) is 17.0. The van der Waals surface area contributed by atoms with E-state index in [9.17, 15) is 28.1 Å². The molecule has 1 amide bonds. The monoisotopic (exact) mass is 513 g/mol. The Kier molecular flexibility index (Phi) is 5.08. The number of amides is 1. The number of β-lactam (4-membered cyclic amide) rings is 1. The largest absolute Gasteiger partial charge is 0.459 e. The third-order valence-electron chi connectivity index (χ3n) is 5.54. The molecule has 2 saturated heterocycles. The van der Waals surface area contributed by atoms with Gasteiger partial charge in [0.05, 0.1) is 17.7 Å². The SMILES string of the molecule is C[C@]1(Cn2ccnn2)[C@H](C(=O)OCc2ccc([N+](=O)[O-])cc2)N2C(=O)[C@H](Br)[C@@H]2S1(=O)=O. The molecule has 12 nitrogen and oxygen atoms in total. The number of ether oxygens (including phenoxy) is 1. The molecule has 2 aromatic rings. The summed E-state index contributed by atoms with van der Waals surface area (Å²) in [7, 11) is -3.98. The second-order valence-corrected chi connectivity index (χ2v) is 10.9. The highest BCUT2D eigenvalue weighted by Crippen LogP contribution is 2.49. The lowest BCUT2D eigenvalue weighted by molar-refractivity contribution is -0.384. The molecule has 2 aliphatic heterocycles. The number of alkyl halides is 1. The van der Waals surface area contributed by atoms with E-state index >= 15 is 0 Å². The molecule has 31 heavy (non-hydrogen) atoms. The van der Waals surface area contributed by atoms with E-state index in [0.29, 0.717) is 5.56 Å². The van der Waals surface area contributed by atoms with Crippen LogP contribution in [0.3, 0.4) is 0 Å². The van der Waals surface area contributed by atoms with Crippen molar-refractivity contribution in [1.29, 1.82) is 0 Å². The Bertz CT molecular complexity index is 1150. The standard InChI is InChI=1S/C17H16BrN5O7S/c1-17(9-21-7-6-19-20-21)13(22-14(24)12(18)15(22)31(17,28)29)16(25)30-8-10-2-4-11(5-3-10)23(26)27/h2-7,12-13,15H,8-9H2,1H3/t12-,13-,15-,17-/m0/s1. The summed E-state index contributed by atoms with van der Waals surface area (Å²) in [6.07, 6.45) is 2.84. The average molecular weight is 514 g/mol. The van der Waals surface area contributed by atoms with Gasteiger partial charge in [0.1, 0.15) is 16.2 Å². The number of carbonyl (C=O) groups is 2. The summed E-state index contributed by atoms with van der Waals surface area (Å²) in [5.41, 5.74) is 0.359. The average Bonchev–Trinajstić information content (AvgIpc) is 3.28. The van der Waals surface area contributed by atoms with Crippen molar-refractivity contribution in [3.05, 3.63) is 52.3 Å². The molecule has 0 unspecified atom stereocenters. The Morgan fingerprint density at radius 1 is 1.35 bits per heavy atom. The van der Waals surface area contributed by atoms with Gasteiger partial charge in [0.25, 0.3) is 5.69 Å². The van der Waals surface area contributed by atoms with Gasteiger partial charge in [-0.15, -0.1) is 5.10 Å². The van der Waals surface area contributed by atoms with Crippen molar-refractivity contribution in [2.75, 3.05) is 0 Å². The molecular formula is C17H16BrN5O7S. The first-order chi connectivity index (χ1) is 14.6. The number of fused-ring (bicyclic) bond motifs is 1. The fraction of sp³-hybridized carbons (Fsp3) is 0.412. The fourth-order valence-electron chi connectivity index (χ4n) is 3.88. The molecular weight excluding hydrogens is 498 g/mol. The van der Waals surface area contributed by atoms with Gasteiger partial charge in [-0.05, 0) is 24.6 Å². The molecule has 4 atom stereocenters. The Labute approximate surface area is 184 Å². The van der Waals surface area contributed by atoms with E-state index in [0.717, 1.165) is 4.90 Å². The number of benzene rings is 1. The number of nitrogens with zero attached hydrogens (tertiary/aromatic N) is 5. The van der Waals surface area contributed by atoms with E-state index in [2.05, 4.69) is 26.2 Å². The van der Waals surface area contributed by atoms with Crippen LogP contribution < -0.4 is 0 Å². The van der Waals surface area contributed by atoms with Gasteiger partial charge in [-0.1, -0.05) is 21.1 Å². The van der Waals surface area contributed by atoms with Crippen LogP contribution in [0, 0.1) is 10.1 Å². The van der Waals surface area contributed by atoms with Crippen LogP contribution in [0.15, 0.2) is 36.7 Å². The number of carbonyl (C=O) groups excluding carboxylic acids is 2. The molecule has 4 rings (SSSR count). The minimum Gasteiger partial charge on any atom is -0.459 e. The van der Waals surface area contributed by atoms with Crippen molar-refractivity contribution in [3.63, 3.8) is 0 Å². The highest BCUT2D eigenvalue weighted by molar-refractivity contribution is 9.10. The smallest absolute Gasteiger partial charge is 0.330 e. The molecule has 0 aliphatic carbocycles. The summed E-state index contributed by atoms with van der Waals surface area (Å²) in [6, 6.07) is 4.01. The maximum Gasteiger partial charge on any atom is 0.330 e. The number of hydrogen-bond donors (Lipinski definition) is 0. The molecule has 14 heteroatoms. The second kappa shape index (κ2) is 7.37. The van der Waals surface area contributed by atoms with Crippen LogP contribution in [0.5, 0.6) is 0 Å². The Hall–Kier alpha value is -2.87. The Morgan fingerprint density at radius 3 is 2.61 bits per heavy atom. The molecule has 2 aliphatic rings. The molecule has 0 radical (unpaired) electrons. The van der Waals surface area contributed by atoms with E-state index in [-0.39, 0.29) is 18.8 Å². The summed E-state index contributed by atoms with van der Waals surface area (Å²) in [6.45, 7) is 0.941. The zero-order valence-electron chi connectivity index (χ0n) is 16.0. The first-order valence-electron chi connectivity index (χ1n) is 9.01. The number of aromatic nitrogens is 3. The van der Waals surface area contributed by atoms with Crippen molar-refractivity contribution in [2.24, 2.45) is 0 Å². The van der Waals surface area contributed by atoms with Crippen LogP contribution in [-0.2, 0) is 37.3 Å². The summed E-state index contributed by atoms with van der Waals surface area (Å²) >= 11 is 3.10. The number of halogens is 1. The van der Waals surface area contributed by atoms with E-state index in [1.54, 1.807) is 0 Å². The topological polar surface area (TPSA) is 155 Å². The van der Waals surface area contributed by atoms with Gasteiger partial charge in [-0.25, -0.2) is 13.2 Å². The van der Waals surface area contributed by atoms with Crippen molar-refractivity contribution < 1.29 is 27.7 Å². The van der Waals surface area contributed by atoms with Crippen molar-refractivity contribution in [3.8, 4) is 0 Å². The normalized spacial score (nSPS) is 28.6. The maximum absolute atomic E-state index is 13.3. The number of non-ortho nitro benzene ring substituents is 1. The second-order valence-electron chi connectivity index (χ2n) is 7.43. The Balaban J connectivity index is 1.61. The van der Waals surface area contributed by atoms with Gasteiger partial charge in [0.15, 0.2) is 21.3 Å². The number of hydrogen-bond acceptors (Lipinski definition) is 9. The molecule has 1 aromatic heterocycles. The minimum atomic E-state index is -3.98. The molecule has 1 aromatic carbocycles. The zero-order valence-corrected chi connectivity index (χ0v) is 18.4. The van der Waals surface area contributed by atoms with Crippen LogP contribution in [0.25, 0.3) is 0 Å². The third kappa shape index (κ3) is 3.20. The van der Waals surface area contributed by atoms with Gasteiger partial charge in [-0.2, -0.15) is 0 Å². The van der Waals surface area contributed by atoms with Crippen LogP contribution in [0.4, 0.5) is 5.69 Å². The van der Waals surface area contributed by atoms with Crippen molar-refractivity contribution in [1.82, 2.24) is 19.9 Å².